The molecule has 1 aliphatic carbocycles. The van der Waals surface area contributed by atoms with E-state index in [0.717, 1.165) is 43.5 Å². The number of nitro benzene ring substituents is 1. The molecule has 1 aromatic rings. The molecular weight excluding hydrogens is 344 g/mol. The van der Waals surface area contributed by atoms with Gasteiger partial charge in [0.05, 0.1) is 4.92 Å². The lowest BCUT2D eigenvalue weighted by Gasteiger charge is -2.52. The Bertz CT molecular complexity index is 809. The molecule has 144 valence electrons. The molecule has 1 spiro atoms. The maximum Gasteiger partial charge on any atom is 0.269 e. The molecule has 1 atom stereocenters. The van der Waals surface area contributed by atoms with Gasteiger partial charge in [0.15, 0.2) is 0 Å². The lowest BCUT2D eigenvalue weighted by atomic mass is 9.56. The molecule has 1 saturated carbocycles. The number of non-ortho nitro benzene ring substituents is 1. The molecule has 0 radical (unpaired) electrons. The van der Waals surface area contributed by atoms with Gasteiger partial charge in [0.2, 0.25) is 0 Å². The highest BCUT2D eigenvalue weighted by molar-refractivity contribution is 6.11. The minimum absolute atomic E-state index is 0.0215. The predicted molar refractivity (Wildman–Crippen MR) is 102 cm³/mol. The Morgan fingerprint density at radius 2 is 1.78 bits per heavy atom. The summed E-state index contributed by atoms with van der Waals surface area (Å²) < 4.78 is 0. The topological polar surface area (TPSA) is 80.5 Å². The number of benzene rings is 1. The third-order valence-electron chi connectivity index (χ3n) is 6.65. The van der Waals surface area contributed by atoms with Crippen LogP contribution < -0.4 is 4.90 Å². The fourth-order valence-electron chi connectivity index (χ4n) is 5.41. The summed E-state index contributed by atoms with van der Waals surface area (Å²) in [5.74, 6) is 0.0515. The number of Topliss-reactive ketones (excluding diaryl/α,β-unsaturated/α-hetero) is 2. The molecule has 1 unspecified atom stereocenters. The smallest absolute Gasteiger partial charge is 0.269 e. The maximum absolute atomic E-state index is 13.4. The molecule has 3 aliphatic rings. The quantitative estimate of drug-likeness (QED) is 0.426. The van der Waals surface area contributed by atoms with Gasteiger partial charge in [-0.05, 0) is 36.3 Å². The maximum atomic E-state index is 13.4. The first-order valence-corrected chi connectivity index (χ1v) is 9.85. The van der Waals surface area contributed by atoms with E-state index in [0.29, 0.717) is 19.3 Å². The molecular formula is C21H26N2O4. The standard InChI is InChI=1S/C21H26N2O4/c1-20(2)12-18(24)21(19(25)13-20)11-14-10-15(23(26)27)7-8-16(14)22-9-5-3-4-6-17(21)22/h7-8,10,17H,3-6,9,11-13H2,1-2H3. The molecule has 0 N–H and O–H groups in total. The summed E-state index contributed by atoms with van der Waals surface area (Å²) in [5.41, 5.74) is 0.403. The third kappa shape index (κ3) is 2.77. The van der Waals surface area contributed by atoms with E-state index in [1.807, 2.05) is 13.8 Å². The van der Waals surface area contributed by atoms with Crippen molar-refractivity contribution < 1.29 is 14.5 Å². The van der Waals surface area contributed by atoms with Gasteiger partial charge >= 0.3 is 0 Å². The highest BCUT2D eigenvalue weighted by Crippen LogP contribution is 2.52. The van der Waals surface area contributed by atoms with Gasteiger partial charge < -0.3 is 4.90 Å². The number of fused-ring (bicyclic) bond motifs is 4. The molecule has 4 rings (SSSR count). The number of nitrogens with zero attached hydrogens (tertiary/aromatic N) is 2. The average Bonchev–Trinajstić information content (AvgIpc) is 2.84. The molecule has 0 amide bonds. The van der Waals surface area contributed by atoms with Gasteiger partial charge in [-0.25, -0.2) is 0 Å². The van der Waals surface area contributed by atoms with Crippen LogP contribution in [0, 0.1) is 20.9 Å². The number of ketones is 2. The van der Waals surface area contributed by atoms with E-state index in [1.165, 1.54) is 6.07 Å². The molecule has 2 fully saturated rings. The van der Waals surface area contributed by atoms with Crippen LogP contribution in [0.25, 0.3) is 0 Å². The summed E-state index contributed by atoms with van der Waals surface area (Å²) in [7, 11) is 0. The summed E-state index contributed by atoms with van der Waals surface area (Å²) in [4.78, 5) is 39.9. The van der Waals surface area contributed by atoms with E-state index in [-0.39, 0.29) is 28.7 Å². The van der Waals surface area contributed by atoms with E-state index in [9.17, 15) is 19.7 Å². The number of nitro groups is 1. The highest BCUT2D eigenvalue weighted by atomic mass is 16.6. The Morgan fingerprint density at radius 1 is 1.07 bits per heavy atom. The molecule has 1 saturated heterocycles. The zero-order valence-electron chi connectivity index (χ0n) is 16.0. The van der Waals surface area contributed by atoms with E-state index in [4.69, 9.17) is 0 Å². The van der Waals surface area contributed by atoms with E-state index in [1.54, 1.807) is 12.1 Å². The van der Waals surface area contributed by atoms with Gasteiger partial charge in [-0.3, -0.25) is 19.7 Å². The highest BCUT2D eigenvalue weighted by Gasteiger charge is 2.59. The van der Waals surface area contributed by atoms with Gasteiger partial charge in [0.25, 0.3) is 5.69 Å². The average molecular weight is 370 g/mol. The van der Waals surface area contributed by atoms with Crippen molar-refractivity contribution in [1.29, 1.82) is 0 Å². The Hall–Kier alpha value is -2.24. The van der Waals surface area contributed by atoms with Gasteiger partial charge in [-0.2, -0.15) is 0 Å². The number of hydrogen-bond donors (Lipinski definition) is 0. The molecule has 27 heavy (non-hydrogen) atoms. The van der Waals surface area contributed by atoms with Gasteiger partial charge in [0, 0.05) is 43.2 Å². The van der Waals surface area contributed by atoms with Crippen molar-refractivity contribution in [2.75, 3.05) is 11.4 Å². The lowest BCUT2D eigenvalue weighted by Crippen LogP contribution is -2.63. The largest absolute Gasteiger partial charge is 0.367 e. The predicted octanol–water partition coefficient (Wildman–Crippen LogP) is 3.84. The van der Waals surface area contributed by atoms with Crippen LogP contribution >= 0.6 is 0 Å². The van der Waals surface area contributed by atoms with Crippen molar-refractivity contribution in [3.8, 4) is 0 Å². The fraction of sp³-hybridized carbons (Fsp3) is 0.619. The second-order valence-electron chi connectivity index (χ2n) is 9.14. The van der Waals surface area contributed by atoms with Crippen molar-refractivity contribution in [2.24, 2.45) is 10.8 Å². The van der Waals surface area contributed by atoms with Crippen LogP contribution in [0.2, 0.25) is 0 Å². The Morgan fingerprint density at radius 3 is 2.44 bits per heavy atom. The molecule has 2 heterocycles. The molecule has 6 heteroatoms. The second kappa shape index (κ2) is 6.14. The van der Waals surface area contributed by atoms with Crippen LogP contribution in [0.1, 0.15) is 57.9 Å². The number of carbonyl (C=O) groups excluding carboxylic acids is 2. The van der Waals surface area contributed by atoms with Crippen LogP contribution in [0.4, 0.5) is 11.4 Å². The molecule has 1 aromatic carbocycles. The molecule has 2 aliphatic heterocycles. The van der Waals surface area contributed by atoms with Gasteiger partial charge in [-0.15, -0.1) is 0 Å². The Labute approximate surface area is 159 Å². The van der Waals surface area contributed by atoms with Crippen LogP contribution in [0.15, 0.2) is 18.2 Å². The number of rotatable bonds is 1. The van der Waals surface area contributed by atoms with Crippen molar-refractivity contribution in [3.05, 3.63) is 33.9 Å². The summed E-state index contributed by atoms with van der Waals surface area (Å²) in [6.07, 6.45) is 5.03. The van der Waals surface area contributed by atoms with E-state index < -0.39 is 10.3 Å². The zero-order chi connectivity index (χ0) is 19.4. The second-order valence-corrected chi connectivity index (χ2v) is 9.14. The SMILES string of the molecule is CC1(C)CC(=O)C2(Cc3cc([N+](=O)[O-])ccc3N3CCCCCC32)C(=O)C1. The number of anilines is 1. The summed E-state index contributed by atoms with van der Waals surface area (Å²) in [6.45, 7) is 4.74. The Balaban J connectivity index is 1.87. The minimum atomic E-state index is -1.04. The Kier molecular flexibility index (Phi) is 4.13. The zero-order valence-corrected chi connectivity index (χ0v) is 16.0. The molecule has 0 aromatic heterocycles. The first kappa shape index (κ1) is 18.1. The molecule has 0 bridgehead atoms. The monoisotopic (exact) mass is 370 g/mol. The van der Waals surface area contributed by atoms with E-state index in [2.05, 4.69) is 4.90 Å². The minimum Gasteiger partial charge on any atom is -0.367 e. The number of hydrogen-bond acceptors (Lipinski definition) is 5. The summed E-state index contributed by atoms with van der Waals surface area (Å²) in [6, 6.07) is 4.79. The van der Waals surface area contributed by atoms with Crippen molar-refractivity contribution in [2.45, 2.75) is 64.8 Å². The van der Waals surface area contributed by atoms with E-state index >= 15 is 0 Å². The normalized spacial score (nSPS) is 26.3. The van der Waals surface area contributed by atoms with Crippen LogP contribution in [-0.4, -0.2) is 29.1 Å². The van der Waals surface area contributed by atoms with Crippen molar-refractivity contribution in [3.63, 3.8) is 0 Å². The number of carbonyl (C=O) groups is 2. The first-order valence-electron chi connectivity index (χ1n) is 9.85. The first-order chi connectivity index (χ1) is 12.7. The van der Waals surface area contributed by atoms with Crippen molar-refractivity contribution in [1.82, 2.24) is 0 Å². The molecule has 6 nitrogen and oxygen atoms in total. The van der Waals surface area contributed by atoms with Gasteiger partial charge in [0.1, 0.15) is 17.0 Å². The third-order valence-corrected chi connectivity index (χ3v) is 6.65. The summed E-state index contributed by atoms with van der Waals surface area (Å²) >= 11 is 0. The van der Waals surface area contributed by atoms with Crippen LogP contribution in [0.5, 0.6) is 0 Å². The lowest BCUT2D eigenvalue weighted by molar-refractivity contribution is -0.384. The van der Waals surface area contributed by atoms with Crippen LogP contribution in [-0.2, 0) is 16.0 Å². The van der Waals surface area contributed by atoms with Crippen LogP contribution in [0.3, 0.4) is 0 Å². The summed E-state index contributed by atoms with van der Waals surface area (Å²) in [5, 5.41) is 11.3. The fourth-order valence-corrected chi connectivity index (χ4v) is 5.41. The van der Waals surface area contributed by atoms with Crippen molar-refractivity contribution >= 4 is 22.9 Å². The van der Waals surface area contributed by atoms with Gasteiger partial charge in [-0.1, -0.05) is 26.7 Å².